The molecule has 0 saturated carbocycles. The number of hydrogen-bond donors (Lipinski definition) is 0. The molecule has 11 heteroatoms. The molecule has 0 nitrogen and oxygen atoms in total. The van der Waals surface area contributed by atoms with Crippen LogP contribution in [0.1, 0.15) is 6.92 Å². The molecule has 0 unspecified atom stereocenters. The first-order valence-corrected chi connectivity index (χ1v) is 3.83. The highest BCUT2D eigenvalue weighted by Gasteiger charge is 2.76. The molecule has 0 rings (SSSR count). The van der Waals surface area contributed by atoms with Crippen LogP contribution in [0.2, 0.25) is 0 Å². The Morgan fingerprint density at radius 3 is 1.11 bits per heavy atom. The van der Waals surface area contributed by atoms with Crippen LogP contribution in [0, 0.1) is 0 Å². The van der Waals surface area contributed by atoms with Gasteiger partial charge in [-0.3, -0.25) is 0 Å². The first kappa shape index (κ1) is 17.0. The molecule has 0 spiro atoms. The van der Waals surface area contributed by atoms with Crippen LogP contribution in [0.4, 0.5) is 48.3 Å². The Hall–Kier alpha value is -1.03. The van der Waals surface area contributed by atoms with E-state index in [1.54, 1.807) is 0 Å². The minimum Gasteiger partial charge on any atom is -0.215 e. The van der Waals surface area contributed by atoms with Crippen LogP contribution >= 0.6 is 0 Å². The van der Waals surface area contributed by atoms with Crippen LogP contribution < -0.4 is 0 Å². The van der Waals surface area contributed by atoms with Crippen molar-refractivity contribution in [2.24, 2.45) is 0 Å². The zero-order valence-electron chi connectivity index (χ0n) is 8.16. The first-order valence-electron chi connectivity index (χ1n) is 3.83. The van der Waals surface area contributed by atoms with Gasteiger partial charge in [0.05, 0.1) is 5.57 Å². The van der Waals surface area contributed by atoms with Crippen molar-refractivity contribution in [2.75, 3.05) is 0 Å². The van der Waals surface area contributed by atoms with E-state index in [1.807, 2.05) is 0 Å². The van der Waals surface area contributed by atoms with E-state index in [9.17, 15) is 48.3 Å². The van der Waals surface area contributed by atoms with Gasteiger partial charge in [0, 0.05) is 0 Å². The molecule has 0 aromatic heterocycles. The number of hydrogen-bond acceptors (Lipinski definition) is 0. The summed E-state index contributed by atoms with van der Waals surface area (Å²) in [5.74, 6) is -3.98. The van der Waals surface area contributed by atoms with Crippen molar-refractivity contribution in [1.82, 2.24) is 0 Å². The minimum atomic E-state index is -6.91. The van der Waals surface area contributed by atoms with Gasteiger partial charge in [-0.05, 0) is 6.92 Å². The number of halogens is 11. The molecular weight excluding hydrogens is 293 g/mol. The molecule has 0 aliphatic carbocycles. The lowest BCUT2D eigenvalue weighted by molar-refractivity contribution is -0.332. The van der Waals surface area contributed by atoms with Gasteiger partial charge in [-0.2, -0.15) is 39.5 Å². The van der Waals surface area contributed by atoms with Crippen molar-refractivity contribution in [3.8, 4) is 0 Å². The Morgan fingerprint density at radius 1 is 0.667 bits per heavy atom. The molecule has 108 valence electrons. The summed E-state index contributed by atoms with van der Waals surface area (Å²) >= 11 is 0. The molecule has 0 N–H and O–H groups in total. The second-order valence-corrected chi connectivity index (χ2v) is 3.09. The average molecular weight is 296 g/mol. The Balaban J connectivity index is 6.13. The summed E-state index contributed by atoms with van der Waals surface area (Å²) in [5, 5.41) is 0. The molecule has 0 atom stereocenters. The third-order valence-electron chi connectivity index (χ3n) is 1.84. The maximum atomic E-state index is 12.8. The van der Waals surface area contributed by atoms with Gasteiger partial charge < -0.3 is 0 Å². The lowest BCUT2D eigenvalue weighted by Gasteiger charge is -2.29. The van der Waals surface area contributed by atoms with Crippen molar-refractivity contribution < 1.29 is 48.3 Å². The molecular formula is C7H3F11. The summed E-state index contributed by atoms with van der Waals surface area (Å²) in [7, 11) is 0. The standard InChI is InChI=1S/C7H3F11/c1-2(5(10,11)12)3(8)4(9,6(13,14)15)7(16,17)18/h1H3. The summed E-state index contributed by atoms with van der Waals surface area (Å²) in [6, 6.07) is 0. The highest BCUT2D eigenvalue weighted by molar-refractivity contribution is 5.25. The van der Waals surface area contributed by atoms with Gasteiger partial charge in [0.2, 0.25) is 0 Å². The number of allylic oxidation sites excluding steroid dienone is 2. The van der Waals surface area contributed by atoms with Crippen LogP contribution in [0.25, 0.3) is 0 Å². The molecule has 0 bridgehead atoms. The topological polar surface area (TPSA) is 0 Å². The predicted octanol–water partition coefficient (Wildman–Crippen LogP) is 4.63. The maximum Gasteiger partial charge on any atom is 0.438 e. The molecule has 0 fully saturated rings. The van der Waals surface area contributed by atoms with Crippen LogP contribution in [0.5, 0.6) is 0 Å². The Bertz CT molecular complexity index is 324. The van der Waals surface area contributed by atoms with Crippen molar-refractivity contribution in [2.45, 2.75) is 31.1 Å². The Morgan fingerprint density at radius 2 is 0.944 bits per heavy atom. The fraction of sp³-hybridized carbons (Fsp3) is 0.714. The molecule has 0 aromatic rings. The highest BCUT2D eigenvalue weighted by atomic mass is 19.4. The van der Waals surface area contributed by atoms with Gasteiger partial charge in [-0.15, -0.1) is 0 Å². The molecule has 0 amide bonds. The van der Waals surface area contributed by atoms with Crippen LogP contribution in [-0.2, 0) is 0 Å². The lowest BCUT2D eigenvalue weighted by Crippen LogP contribution is -2.54. The van der Waals surface area contributed by atoms with Gasteiger partial charge in [0.25, 0.3) is 0 Å². The van der Waals surface area contributed by atoms with E-state index in [1.165, 1.54) is 0 Å². The summed E-state index contributed by atoms with van der Waals surface area (Å²) in [6.45, 7) is -0.429. The SMILES string of the molecule is CC(=C(F)C(F)(C(F)(F)F)C(F)(F)F)C(F)(F)F. The normalized spacial score (nSPS) is 16.7. The Kier molecular flexibility index (Phi) is 4.02. The van der Waals surface area contributed by atoms with Gasteiger partial charge in [-0.25, -0.2) is 8.78 Å². The van der Waals surface area contributed by atoms with Gasteiger partial charge in [-0.1, -0.05) is 0 Å². The van der Waals surface area contributed by atoms with Crippen LogP contribution in [0.15, 0.2) is 11.4 Å². The summed E-state index contributed by atoms with van der Waals surface area (Å²) in [5.41, 5.74) is -9.64. The molecule has 0 aliphatic rings. The van der Waals surface area contributed by atoms with E-state index in [4.69, 9.17) is 0 Å². The third kappa shape index (κ3) is 2.69. The zero-order valence-corrected chi connectivity index (χ0v) is 8.16. The fourth-order valence-electron chi connectivity index (χ4n) is 0.792. The van der Waals surface area contributed by atoms with Crippen molar-refractivity contribution in [1.29, 1.82) is 0 Å². The maximum absolute atomic E-state index is 12.8. The quantitative estimate of drug-likeness (QED) is 0.619. The monoisotopic (exact) mass is 296 g/mol. The zero-order chi connectivity index (χ0) is 15.2. The smallest absolute Gasteiger partial charge is 0.215 e. The van der Waals surface area contributed by atoms with E-state index >= 15 is 0 Å². The number of rotatable bonds is 1. The molecule has 18 heavy (non-hydrogen) atoms. The summed E-state index contributed by atoms with van der Waals surface area (Å²) in [4.78, 5) is 0. The van der Waals surface area contributed by atoms with E-state index in [-0.39, 0.29) is 0 Å². The largest absolute Gasteiger partial charge is 0.438 e. The second-order valence-electron chi connectivity index (χ2n) is 3.09. The van der Waals surface area contributed by atoms with Gasteiger partial charge >= 0.3 is 24.2 Å². The second kappa shape index (κ2) is 4.26. The fourth-order valence-corrected chi connectivity index (χ4v) is 0.792. The van der Waals surface area contributed by atoms with Crippen LogP contribution in [0.3, 0.4) is 0 Å². The predicted molar refractivity (Wildman–Crippen MR) is 35.8 cm³/mol. The van der Waals surface area contributed by atoms with E-state index in [0.717, 1.165) is 0 Å². The van der Waals surface area contributed by atoms with Gasteiger partial charge in [0.15, 0.2) is 5.83 Å². The molecule has 0 heterocycles. The van der Waals surface area contributed by atoms with E-state index in [2.05, 4.69) is 0 Å². The van der Waals surface area contributed by atoms with Crippen molar-refractivity contribution in [3.63, 3.8) is 0 Å². The number of alkyl halides is 10. The van der Waals surface area contributed by atoms with Gasteiger partial charge in [0.1, 0.15) is 0 Å². The minimum absolute atomic E-state index is 0.429. The lowest BCUT2D eigenvalue weighted by atomic mass is 9.99. The van der Waals surface area contributed by atoms with E-state index in [0.29, 0.717) is 0 Å². The summed E-state index contributed by atoms with van der Waals surface area (Å²) in [6.07, 6.45) is -19.7. The summed E-state index contributed by atoms with van der Waals surface area (Å²) < 4.78 is 132. The molecule has 0 aromatic carbocycles. The van der Waals surface area contributed by atoms with Crippen LogP contribution in [-0.4, -0.2) is 24.2 Å². The first-order chi connectivity index (χ1) is 7.57. The molecule has 0 aliphatic heterocycles. The Labute approximate surface area is 92.1 Å². The average Bonchev–Trinajstić information content (AvgIpc) is 2.08. The van der Waals surface area contributed by atoms with E-state index < -0.39 is 42.5 Å². The molecule has 0 radical (unpaired) electrons. The van der Waals surface area contributed by atoms with Crippen molar-refractivity contribution >= 4 is 0 Å². The van der Waals surface area contributed by atoms with Crippen molar-refractivity contribution in [3.05, 3.63) is 11.4 Å². The third-order valence-corrected chi connectivity index (χ3v) is 1.84. The highest BCUT2D eigenvalue weighted by Crippen LogP contribution is 2.53. The molecule has 0 saturated heterocycles.